The number of carbonyl (C=O) groups is 1. The van der Waals surface area contributed by atoms with E-state index in [2.05, 4.69) is 5.10 Å². The molecule has 166 valence electrons. The van der Waals surface area contributed by atoms with Crippen molar-refractivity contribution in [3.05, 3.63) is 76.1 Å². The van der Waals surface area contributed by atoms with Crippen LogP contribution in [0, 0.1) is 0 Å². The third-order valence-corrected chi connectivity index (χ3v) is 6.62. The molecular formula is C22H20ClN3O5S. The zero-order valence-corrected chi connectivity index (χ0v) is 18.9. The molecule has 32 heavy (non-hydrogen) atoms. The van der Waals surface area contributed by atoms with E-state index in [0.29, 0.717) is 33.3 Å². The predicted molar refractivity (Wildman–Crippen MR) is 122 cm³/mol. The Hall–Kier alpha value is -3.14. The van der Waals surface area contributed by atoms with E-state index >= 15 is 0 Å². The van der Waals surface area contributed by atoms with Gasteiger partial charge in [-0.3, -0.25) is 0 Å². The Morgan fingerprint density at radius 2 is 1.78 bits per heavy atom. The SMILES string of the molecule is COc1ccc(/C=C2\CN(S(C)(=O)=O)Cc3c(C(=O)O)nn(-c4ccc(Cl)cc4)c32)cc1. The van der Waals surface area contributed by atoms with Crippen molar-refractivity contribution in [3.63, 3.8) is 0 Å². The lowest BCUT2D eigenvalue weighted by Crippen LogP contribution is -2.35. The Labute approximate surface area is 190 Å². The van der Waals surface area contributed by atoms with Gasteiger partial charge in [0, 0.05) is 23.7 Å². The Kier molecular flexibility index (Phi) is 5.81. The topological polar surface area (TPSA) is 102 Å². The molecule has 8 nitrogen and oxygen atoms in total. The van der Waals surface area contributed by atoms with Gasteiger partial charge in [0.1, 0.15) is 5.75 Å². The molecule has 0 amide bonds. The standard InChI is InChI=1S/C22H20ClN3O5S/c1-31-18-9-3-14(4-10-18)11-15-12-25(32(2,29)30)13-19-20(22(27)28)24-26(21(15)19)17-7-5-16(23)6-8-17/h3-11H,12-13H2,1-2H3,(H,27,28)/b15-11+. The highest BCUT2D eigenvalue weighted by atomic mass is 35.5. The number of sulfonamides is 1. The first-order chi connectivity index (χ1) is 15.2. The molecule has 0 unspecified atom stereocenters. The zero-order valence-electron chi connectivity index (χ0n) is 17.3. The summed E-state index contributed by atoms with van der Waals surface area (Å²) in [4.78, 5) is 12.0. The summed E-state index contributed by atoms with van der Waals surface area (Å²) in [5.41, 5.74) is 2.75. The molecule has 1 aliphatic heterocycles. The number of aromatic nitrogens is 2. The summed E-state index contributed by atoms with van der Waals surface area (Å²) in [6.45, 7) is -0.000449. The number of methoxy groups -OCH3 is 1. The fourth-order valence-corrected chi connectivity index (χ4v) is 4.48. The van der Waals surface area contributed by atoms with Crippen molar-refractivity contribution < 1.29 is 23.1 Å². The fourth-order valence-electron chi connectivity index (χ4n) is 3.62. The molecule has 0 saturated carbocycles. The largest absolute Gasteiger partial charge is 0.497 e. The summed E-state index contributed by atoms with van der Waals surface area (Å²) in [7, 11) is -2.01. The molecule has 0 spiro atoms. The third-order valence-electron chi connectivity index (χ3n) is 5.17. The van der Waals surface area contributed by atoms with Crippen molar-refractivity contribution in [1.82, 2.24) is 14.1 Å². The summed E-state index contributed by atoms with van der Waals surface area (Å²) in [5, 5.41) is 14.6. The summed E-state index contributed by atoms with van der Waals surface area (Å²) in [6, 6.07) is 14.1. The Balaban J connectivity index is 1.95. The lowest BCUT2D eigenvalue weighted by atomic mass is 9.99. The van der Waals surface area contributed by atoms with E-state index in [4.69, 9.17) is 16.3 Å². The summed E-state index contributed by atoms with van der Waals surface area (Å²) in [6.07, 6.45) is 2.93. The first-order valence-electron chi connectivity index (χ1n) is 9.58. The highest BCUT2D eigenvalue weighted by molar-refractivity contribution is 7.88. The van der Waals surface area contributed by atoms with Gasteiger partial charge in [-0.25, -0.2) is 17.9 Å². The number of benzene rings is 2. The zero-order chi connectivity index (χ0) is 23.0. The van der Waals surface area contributed by atoms with Gasteiger partial charge >= 0.3 is 5.97 Å². The number of rotatable bonds is 5. The molecule has 0 saturated heterocycles. The minimum Gasteiger partial charge on any atom is -0.497 e. The van der Waals surface area contributed by atoms with Crippen molar-refractivity contribution in [2.45, 2.75) is 6.54 Å². The van der Waals surface area contributed by atoms with Gasteiger partial charge in [0.15, 0.2) is 5.69 Å². The van der Waals surface area contributed by atoms with Crippen LogP contribution in [0.4, 0.5) is 0 Å². The number of carboxylic acid groups (broad SMARTS) is 1. The van der Waals surface area contributed by atoms with E-state index in [1.807, 2.05) is 18.2 Å². The second kappa shape index (κ2) is 8.42. The van der Waals surface area contributed by atoms with E-state index in [9.17, 15) is 18.3 Å². The number of hydrogen-bond acceptors (Lipinski definition) is 5. The molecule has 0 aliphatic carbocycles. The van der Waals surface area contributed by atoms with Gasteiger partial charge < -0.3 is 9.84 Å². The van der Waals surface area contributed by atoms with Gasteiger partial charge in [-0.2, -0.15) is 9.40 Å². The van der Waals surface area contributed by atoms with Crippen LogP contribution >= 0.6 is 11.6 Å². The van der Waals surface area contributed by atoms with E-state index < -0.39 is 16.0 Å². The second-order valence-corrected chi connectivity index (χ2v) is 9.76. The van der Waals surface area contributed by atoms with Crippen molar-refractivity contribution in [3.8, 4) is 11.4 Å². The molecule has 0 fully saturated rings. The summed E-state index contributed by atoms with van der Waals surface area (Å²) < 4.78 is 32.7. The minimum atomic E-state index is -3.58. The highest BCUT2D eigenvalue weighted by Gasteiger charge is 2.34. The number of carboxylic acids is 1. The summed E-state index contributed by atoms with van der Waals surface area (Å²) >= 11 is 6.01. The molecular weight excluding hydrogens is 454 g/mol. The molecule has 2 heterocycles. The fraction of sp³-hybridized carbons (Fsp3) is 0.182. The van der Waals surface area contributed by atoms with Crippen LogP contribution in [-0.4, -0.2) is 53.5 Å². The summed E-state index contributed by atoms with van der Waals surface area (Å²) in [5.74, 6) is -0.540. The number of halogens is 1. The van der Waals surface area contributed by atoms with Crippen LogP contribution in [0.2, 0.25) is 5.02 Å². The molecule has 0 atom stereocenters. The number of aromatic carboxylic acids is 1. The van der Waals surface area contributed by atoms with Gasteiger partial charge in [0.05, 0.1) is 24.7 Å². The van der Waals surface area contributed by atoms with Crippen LogP contribution in [0.15, 0.2) is 48.5 Å². The third kappa shape index (κ3) is 4.27. The molecule has 3 aromatic rings. The van der Waals surface area contributed by atoms with Crippen LogP contribution in [-0.2, 0) is 16.6 Å². The van der Waals surface area contributed by atoms with Crippen LogP contribution in [0.1, 0.15) is 27.3 Å². The molecule has 2 aromatic carbocycles. The van der Waals surface area contributed by atoms with Crippen molar-refractivity contribution >= 4 is 39.2 Å². The minimum absolute atomic E-state index is 0.0796. The maximum Gasteiger partial charge on any atom is 0.356 e. The van der Waals surface area contributed by atoms with Crippen molar-refractivity contribution in [2.24, 2.45) is 0 Å². The maximum atomic E-state index is 12.4. The molecule has 1 N–H and O–H groups in total. The van der Waals surface area contributed by atoms with Crippen LogP contribution in [0.3, 0.4) is 0 Å². The van der Waals surface area contributed by atoms with E-state index in [1.54, 1.807) is 43.5 Å². The lowest BCUT2D eigenvalue weighted by molar-refractivity contribution is 0.0688. The van der Waals surface area contributed by atoms with Crippen molar-refractivity contribution in [1.29, 1.82) is 0 Å². The smallest absolute Gasteiger partial charge is 0.356 e. The average molecular weight is 474 g/mol. The van der Waals surface area contributed by atoms with Crippen LogP contribution in [0.25, 0.3) is 17.3 Å². The molecule has 1 aromatic heterocycles. The highest BCUT2D eigenvalue weighted by Crippen LogP contribution is 2.35. The molecule has 0 bridgehead atoms. The van der Waals surface area contributed by atoms with Gasteiger partial charge in [0.2, 0.25) is 10.0 Å². The first-order valence-corrected chi connectivity index (χ1v) is 11.8. The first kappa shape index (κ1) is 22.1. The van der Waals surface area contributed by atoms with Crippen molar-refractivity contribution in [2.75, 3.05) is 19.9 Å². The van der Waals surface area contributed by atoms with Gasteiger partial charge in [-0.1, -0.05) is 23.7 Å². The number of ether oxygens (including phenoxy) is 1. The molecule has 10 heteroatoms. The van der Waals surface area contributed by atoms with Crippen LogP contribution in [0.5, 0.6) is 5.75 Å². The molecule has 0 radical (unpaired) electrons. The van der Waals surface area contributed by atoms with E-state index in [-0.39, 0.29) is 18.8 Å². The lowest BCUT2D eigenvalue weighted by Gasteiger charge is -2.28. The van der Waals surface area contributed by atoms with Crippen LogP contribution < -0.4 is 4.74 Å². The number of nitrogens with zero attached hydrogens (tertiary/aromatic N) is 3. The predicted octanol–water partition coefficient (Wildman–Crippen LogP) is 3.55. The Bertz CT molecular complexity index is 1310. The Morgan fingerprint density at radius 1 is 1.12 bits per heavy atom. The van der Waals surface area contributed by atoms with Gasteiger partial charge in [-0.15, -0.1) is 0 Å². The second-order valence-electron chi connectivity index (χ2n) is 7.34. The normalized spacial score (nSPS) is 15.5. The van der Waals surface area contributed by atoms with E-state index in [0.717, 1.165) is 11.8 Å². The van der Waals surface area contributed by atoms with E-state index in [1.165, 1.54) is 8.99 Å². The monoisotopic (exact) mass is 473 g/mol. The number of hydrogen-bond donors (Lipinski definition) is 1. The quantitative estimate of drug-likeness (QED) is 0.608. The molecule has 4 rings (SSSR count). The maximum absolute atomic E-state index is 12.4. The Morgan fingerprint density at radius 3 is 2.34 bits per heavy atom. The number of fused-ring (bicyclic) bond motifs is 1. The van der Waals surface area contributed by atoms with Gasteiger partial charge in [-0.05, 0) is 53.6 Å². The average Bonchev–Trinajstić information content (AvgIpc) is 3.14. The van der Waals surface area contributed by atoms with Gasteiger partial charge in [0.25, 0.3) is 0 Å². The molecule has 1 aliphatic rings.